The van der Waals surface area contributed by atoms with Crippen LogP contribution in [0.2, 0.25) is 0 Å². The molecule has 1 aromatic carbocycles. The van der Waals surface area contributed by atoms with Gasteiger partial charge in [0.2, 0.25) is 11.8 Å². The van der Waals surface area contributed by atoms with E-state index in [4.69, 9.17) is 11.1 Å². The van der Waals surface area contributed by atoms with Crippen molar-refractivity contribution in [1.82, 2.24) is 35.4 Å². The van der Waals surface area contributed by atoms with E-state index in [2.05, 4.69) is 25.6 Å². The zero-order valence-corrected chi connectivity index (χ0v) is 21.2. The predicted octanol–water partition coefficient (Wildman–Crippen LogP) is -0.119. The summed E-state index contributed by atoms with van der Waals surface area (Å²) < 4.78 is 0. The summed E-state index contributed by atoms with van der Waals surface area (Å²) in [6.45, 7) is 0.596. The molecule has 0 aliphatic heterocycles. The van der Waals surface area contributed by atoms with Gasteiger partial charge in [0.25, 0.3) is 0 Å². The van der Waals surface area contributed by atoms with Crippen molar-refractivity contribution in [3.8, 4) is 0 Å². The highest BCUT2D eigenvalue weighted by atomic mass is 16.4. The van der Waals surface area contributed by atoms with Gasteiger partial charge in [0.1, 0.15) is 12.4 Å². The summed E-state index contributed by atoms with van der Waals surface area (Å²) in [5.41, 5.74) is 7.29. The Morgan fingerprint density at radius 2 is 1.82 bits per heavy atom. The molecule has 0 spiro atoms. The van der Waals surface area contributed by atoms with E-state index >= 15 is 0 Å². The molecule has 0 fully saturated rings. The maximum absolute atomic E-state index is 13.1. The number of guanidine groups is 1. The fraction of sp³-hybridized carbons (Fsp3) is 0.400. The molecule has 8 N–H and O–H groups in total. The van der Waals surface area contributed by atoms with E-state index in [0.717, 1.165) is 22.3 Å². The lowest BCUT2D eigenvalue weighted by Gasteiger charge is -2.27. The Balaban J connectivity index is 1.64. The number of aliphatic carboxylic acids is 1. The number of hydrogen-bond donors (Lipinski definition) is 7. The number of nitrogens with two attached hydrogens (primary N) is 1. The number of amides is 2. The van der Waals surface area contributed by atoms with Gasteiger partial charge in [0, 0.05) is 62.1 Å². The van der Waals surface area contributed by atoms with Crippen molar-refractivity contribution in [2.45, 2.75) is 19.3 Å². The number of carbonyl (C=O) groups is 3. The van der Waals surface area contributed by atoms with Gasteiger partial charge in [-0.1, -0.05) is 18.2 Å². The lowest BCUT2D eigenvalue weighted by atomic mass is 10.1. The fourth-order valence-corrected chi connectivity index (χ4v) is 4.05. The van der Waals surface area contributed by atoms with Gasteiger partial charge in [0.05, 0.1) is 13.1 Å². The van der Waals surface area contributed by atoms with Crippen LogP contribution in [0.15, 0.2) is 42.9 Å². The fourth-order valence-electron chi connectivity index (χ4n) is 4.05. The van der Waals surface area contributed by atoms with Crippen LogP contribution in [0, 0.1) is 5.41 Å². The molecule has 2 heterocycles. The van der Waals surface area contributed by atoms with E-state index in [1.54, 1.807) is 12.4 Å². The molecule has 13 nitrogen and oxygen atoms in total. The van der Waals surface area contributed by atoms with E-state index in [1.807, 2.05) is 30.5 Å². The monoisotopic (exact) mass is 525 g/mol. The highest BCUT2D eigenvalue weighted by Crippen LogP contribution is 2.18. The molecule has 0 saturated carbocycles. The first kappa shape index (κ1) is 28.2. The Morgan fingerprint density at radius 3 is 2.55 bits per heavy atom. The highest BCUT2D eigenvalue weighted by molar-refractivity contribution is 5.88. The number of aromatic amines is 2. The van der Waals surface area contributed by atoms with E-state index in [1.165, 1.54) is 9.80 Å². The van der Waals surface area contributed by atoms with Crippen molar-refractivity contribution in [2.75, 3.05) is 45.8 Å². The van der Waals surface area contributed by atoms with Crippen LogP contribution in [-0.2, 0) is 27.2 Å². The van der Waals surface area contributed by atoms with Crippen LogP contribution in [-0.4, -0.2) is 99.4 Å². The van der Waals surface area contributed by atoms with Gasteiger partial charge in [0.15, 0.2) is 5.96 Å². The van der Waals surface area contributed by atoms with Crippen molar-refractivity contribution in [3.63, 3.8) is 0 Å². The largest absolute Gasteiger partial charge is 0.480 e. The summed E-state index contributed by atoms with van der Waals surface area (Å²) in [4.78, 5) is 50.7. The molecule has 0 radical (unpaired) electrons. The van der Waals surface area contributed by atoms with Crippen molar-refractivity contribution in [3.05, 3.63) is 54.2 Å². The van der Waals surface area contributed by atoms with Crippen molar-refractivity contribution < 1.29 is 19.5 Å². The normalized spacial score (nSPS) is 10.8. The van der Waals surface area contributed by atoms with E-state index in [0.29, 0.717) is 38.9 Å². The minimum absolute atomic E-state index is 0.0311. The Bertz CT molecular complexity index is 1210. The number of nitrogens with zero attached hydrogens (tertiary/aromatic N) is 3. The average Bonchev–Trinajstić information content (AvgIpc) is 3.55. The van der Waals surface area contributed by atoms with E-state index < -0.39 is 18.4 Å². The van der Waals surface area contributed by atoms with Gasteiger partial charge in [-0.3, -0.25) is 19.8 Å². The lowest BCUT2D eigenvalue weighted by molar-refractivity contribution is -0.146. The van der Waals surface area contributed by atoms with E-state index in [-0.39, 0.29) is 31.5 Å². The summed E-state index contributed by atoms with van der Waals surface area (Å²) >= 11 is 0. The number of H-pyrrole nitrogens is 2. The molecule has 0 unspecified atom stereocenters. The van der Waals surface area contributed by atoms with Gasteiger partial charge < -0.3 is 41.2 Å². The van der Waals surface area contributed by atoms with Crippen LogP contribution in [0.25, 0.3) is 10.9 Å². The smallest absolute Gasteiger partial charge is 0.323 e. The lowest BCUT2D eigenvalue weighted by Crippen LogP contribution is -2.48. The van der Waals surface area contributed by atoms with Gasteiger partial charge in [-0.05, 0) is 24.5 Å². The molecule has 3 aromatic rings. The van der Waals surface area contributed by atoms with Crippen molar-refractivity contribution in [2.24, 2.45) is 5.73 Å². The Kier molecular flexibility index (Phi) is 10.7. The van der Waals surface area contributed by atoms with Gasteiger partial charge in [-0.25, -0.2) is 4.98 Å². The van der Waals surface area contributed by atoms with Crippen LogP contribution in [0.5, 0.6) is 0 Å². The van der Waals surface area contributed by atoms with Gasteiger partial charge in [-0.2, -0.15) is 0 Å². The second kappa shape index (κ2) is 14.4. The molecule has 13 heteroatoms. The standard InChI is InChI=1S/C25H35N9O4/c26-25(27)31-8-3-12-33(17-24(37)38)23(36)16-34(22(35)15-28-9-6-21-29-10-11-30-21)13-7-18-14-32-20-5-2-1-4-19(18)20/h1-2,4-5,10-11,14,28,32H,3,6-9,12-13,15-17H2,(H,29,30)(H,37,38)(H4,26,27,31). The zero-order chi connectivity index (χ0) is 27.3. The molecule has 2 aromatic heterocycles. The number of carboxylic acid groups (broad SMARTS) is 1. The molecule has 0 aliphatic carbocycles. The second-order valence-corrected chi connectivity index (χ2v) is 8.79. The summed E-state index contributed by atoms with van der Waals surface area (Å²) in [7, 11) is 0. The molecule has 38 heavy (non-hydrogen) atoms. The summed E-state index contributed by atoms with van der Waals surface area (Å²) in [5.74, 6) is -1.26. The molecule has 0 bridgehead atoms. The molecule has 0 atom stereocenters. The van der Waals surface area contributed by atoms with Crippen LogP contribution in [0.1, 0.15) is 17.8 Å². The molecular weight excluding hydrogens is 490 g/mol. The Labute approximate surface area is 220 Å². The summed E-state index contributed by atoms with van der Waals surface area (Å²) in [6.07, 6.45) is 6.84. The number of fused-ring (bicyclic) bond motifs is 1. The number of carboxylic acids is 1. The Hall–Kier alpha value is -4.39. The van der Waals surface area contributed by atoms with Crippen LogP contribution >= 0.6 is 0 Å². The minimum atomic E-state index is -1.14. The van der Waals surface area contributed by atoms with Crippen LogP contribution in [0.4, 0.5) is 0 Å². The van der Waals surface area contributed by atoms with Crippen molar-refractivity contribution in [1.29, 1.82) is 5.41 Å². The number of benzene rings is 1. The number of aromatic nitrogens is 3. The number of hydrogen-bond acceptors (Lipinski definition) is 6. The Morgan fingerprint density at radius 1 is 1.03 bits per heavy atom. The topological polar surface area (TPSA) is 196 Å². The first-order valence-corrected chi connectivity index (χ1v) is 12.4. The SMILES string of the molecule is N=C(N)NCCCN(CC(=O)O)C(=O)CN(CCc1c[nH]c2ccccc12)C(=O)CNCCc1ncc[nH]1. The minimum Gasteiger partial charge on any atom is -0.480 e. The third-order valence-corrected chi connectivity index (χ3v) is 5.97. The molecule has 2 amide bonds. The summed E-state index contributed by atoms with van der Waals surface area (Å²) in [6, 6.07) is 7.85. The van der Waals surface area contributed by atoms with Gasteiger partial charge >= 0.3 is 5.97 Å². The molecule has 0 saturated heterocycles. The third kappa shape index (κ3) is 8.92. The maximum atomic E-state index is 13.1. The number of carbonyl (C=O) groups excluding carboxylic acids is 2. The molecular formula is C25H35N9O4. The molecule has 3 rings (SSSR count). The number of para-hydroxylation sites is 1. The van der Waals surface area contributed by atoms with Gasteiger partial charge in [-0.15, -0.1) is 0 Å². The summed E-state index contributed by atoms with van der Waals surface area (Å²) in [5, 5.41) is 23.3. The maximum Gasteiger partial charge on any atom is 0.323 e. The first-order chi connectivity index (χ1) is 18.3. The first-order valence-electron chi connectivity index (χ1n) is 12.4. The molecule has 0 aliphatic rings. The second-order valence-electron chi connectivity index (χ2n) is 8.79. The molecule has 204 valence electrons. The zero-order valence-electron chi connectivity index (χ0n) is 21.2. The van der Waals surface area contributed by atoms with Crippen molar-refractivity contribution >= 4 is 34.6 Å². The third-order valence-electron chi connectivity index (χ3n) is 5.97. The van der Waals surface area contributed by atoms with Crippen LogP contribution < -0.4 is 16.4 Å². The number of imidazole rings is 1. The predicted molar refractivity (Wildman–Crippen MR) is 142 cm³/mol. The van der Waals surface area contributed by atoms with Crippen LogP contribution in [0.3, 0.4) is 0 Å². The van der Waals surface area contributed by atoms with E-state index in [9.17, 15) is 19.5 Å². The quantitative estimate of drug-likeness (QED) is 0.0763. The highest BCUT2D eigenvalue weighted by Gasteiger charge is 2.23. The number of rotatable bonds is 16. The number of nitrogens with one attached hydrogen (secondary N) is 5. The average molecular weight is 526 g/mol.